The molecule has 0 saturated heterocycles. The Morgan fingerprint density at radius 2 is 2.00 bits per heavy atom. The Kier molecular flexibility index (Phi) is 6.52. The number of nitrogens with one attached hydrogen (secondary N) is 1. The lowest BCUT2D eigenvalue weighted by atomic mass is 9.93. The largest absolute Gasteiger partial charge is 0.496 e. The third-order valence-electron chi connectivity index (χ3n) is 4.60. The van der Waals surface area contributed by atoms with Crippen LogP contribution in [0.1, 0.15) is 50.2 Å². The van der Waals surface area contributed by atoms with E-state index in [-0.39, 0.29) is 0 Å². The summed E-state index contributed by atoms with van der Waals surface area (Å²) < 4.78 is 5.56. The second-order valence-corrected chi connectivity index (χ2v) is 6.03. The SMILES string of the molecule is CCN(Cc1cc(CNC)ccc1OC)C1CCCCC1. The molecule has 2 rings (SSSR count). The van der Waals surface area contributed by atoms with Crippen LogP contribution in [-0.4, -0.2) is 31.6 Å². The first-order chi connectivity index (χ1) is 10.3. The topological polar surface area (TPSA) is 24.5 Å². The fourth-order valence-electron chi connectivity index (χ4n) is 3.43. The molecule has 0 atom stereocenters. The molecule has 3 nitrogen and oxygen atoms in total. The Bertz CT molecular complexity index is 427. The predicted molar refractivity (Wildman–Crippen MR) is 88.7 cm³/mol. The van der Waals surface area contributed by atoms with E-state index in [1.54, 1.807) is 7.11 Å². The van der Waals surface area contributed by atoms with Crippen LogP contribution in [-0.2, 0) is 13.1 Å². The van der Waals surface area contributed by atoms with Crippen molar-refractivity contribution in [3.8, 4) is 5.75 Å². The molecule has 0 bridgehead atoms. The number of hydrogen-bond donors (Lipinski definition) is 1. The summed E-state index contributed by atoms with van der Waals surface area (Å²) in [5.41, 5.74) is 2.64. The van der Waals surface area contributed by atoms with Gasteiger partial charge in [0, 0.05) is 24.7 Å². The zero-order valence-corrected chi connectivity index (χ0v) is 13.8. The predicted octanol–water partition coefficient (Wildman–Crippen LogP) is 3.57. The highest BCUT2D eigenvalue weighted by Crippen LogP contribution is 2.27. The molecular formula is C18H30N2O. The maximum atomic E-state index is 5.56. The smallest absolute Gasteiger partial charge is 0.123 e. The van der Waals surface area contributed by atoms with Crippen LogP contribution in [0.5, 0.6) is 5.75 Å². The van der Waals surface area contributed by atoms with E-state index in [0.717, 1.165) is 31.4 Å². The van der Waals surface area contributed by atoms with Crippen molar-refractivity contribution < 1.29 is 4.74 Å². The van der Waals surface area contributed by atoms with Gasteiger partial charge in [-0.2, -0.15) is 0 Å². The lowest BCUT2D eigenvalue weighted by Gasteiger charge is -2.34. The Hall–Kier alpha value is -1.06. The van der Waals surface area contributed by atoms with Crippen molar-refractivity contribution in [1.82, 2.24) is 10.2 Å². The highest BCUT2D eigenvalue weighted by Gasteiger charge is 2.21. The second-order valence-electron chi connectivity index (χ2n) is 6.03. The number of hydrogen-bond acceptors (Lipinski definition) is 3. The van der Waals surface area contributed by atoms with Crippen LogP contribution < -0.4 is 10.1 Å². The number of rotatable bonds is 7. The van der Waals surface area contributed by atoms with E-state index < -0.39 is 0 Å². The number of benzene rings is 1. The molecule has 0 heterocycles. The first-order valence-corrected chi connectivity index (χ1v) is 8.33. The van der Waals surface area contributed by atoms with Gasteiger partial charge in [0.15, 0.2) is 0 Å². The summed E-state index contributed by atoms with van der Waals surface area (Å²) in [4.78, 5) is 2.63. The van der Waals surface area contributed by atoms with Crippen LogP contribution in [0, 0.1) is 0 Å². The van der Waals surface area contributed by atoms with Gasteiger partial charge in [0.2, 0.25) is 0 Å². The van der Waals surface area contributed by atoms with E-state index in [1.165, 1.54) is 43.2 Å². The average Bonchev–Trinajstić information content (AvgIpc) is 2.54. The van der Waals surface area contributed by atoms with E-state index in [1.807, 2.05) is 7.05 Å². The lowest BCUT2D eigenvalue weighted by molar-refractivity contribution is 0.154. The molecule has 3 heteroatoms. The average molecular weight is 290 g/mol. The summed E-state index contributed by atoms with van der Waals surface area (Å²) in [5.74, 6) is 1.02. The molecule has 0 aromatic heterocycles. The number of ether oxygens (including phenoxy) is 1. The van der Waals surface area contributed by atoms with Gasteiger partial charge in [-0.15, -0.1) is 0 Å². The van der Waals surface area contributed by atoms with Gasteiger partial charge >= 0.3 is 0 Å². The van der Waals surface area contributed by atoms with Gasteiger partial charge in [-0.3, -0.25) is 4.90 Å². The summed E-state index contributed by atoms with van der Waals surface area (Å²) in [6, 6.07) is 7.30. The van der Waals surface area contributed by atoms with Gasteiger partial charge in [0.25, 0.3) is 0 Å². The molecule has 0 radical (unpaired) electrons. The molecule has 1 aliphatic rings. The minimum atomic E-state index is 0.751. The first kappa shape index (κ1) is 16.3. The number of methoxy groups -OCH3 is 1. The highest BCUT2D eigenvalue weighted by molar-refractivity contribution is 5.37. The fourth-order valence-corrected chi connectivity index (χ4v) is 3.43. The molecule has 0 unspecified atom stereocenters. The summed E-state index contributed by atoms with van der Waals surface area (Å²) in [7, 11) is 3.76. The van der Waals surface area contributed by atoms with Crippen molar-refractivity contribution in [3.05, 3.63) is 29.3 Å². The molecule has 118 valence electrons. The van der Waals surface area contributed by atoms with Gasteiger partial charge in [-0.1, -0.05) is 32.3 Å². The Morgan fingerprint density at radius 1 is 1.24 bits per heavy atom. The molecule has 1 aromatic carbocycles. The van der Waals surface area contributed by atoms with Crippen molar-refractivity contribution in [2.45, 2.75) is 58.2 Å². The molecule has 1 aliphatic carbocycles. The normalized spacial score (nSPS) is 16.4. The zero-order chi connectivity index (χ0) is 15.1. The van der Waals surface area contributed by atoms with Gasteiger partial charge in [0.1, 0.15) is 5.75 Å². The van der Waals surface area contributed by atoms with E-state index in [0.29, 0.717) is 0 Å². The molecule has 0 spiro atoms. The van der Waals surface area contributed by atoms with Crippen molar-refractivity contribution in [2.75, 3.05) is 20.7 Å². The van der Waals surface area contributed by atoms with Crippen molar-refractivity contribution >= 4 is 0 Å². The zero-order valence-electron chi connectivity index (χ0n) is 13.8. The lowest BCUT2D eigenvalue weighted by Crippen LogP contribution is -2.36. The quantitative estimate of drug-likeness (QED) is 0.831. The maximum absolute atomic E-state index is 5.56. The summed E-state index contributed by atoms with van der Waals surface area (Å²) in [6.45, 7) is 5.30. The molecule has 1 aromatic rings. The monoisotopic (exact) mass is 290 g/mol. The standard InChI is InChI=1S/C18H30N2O/c1-4-20(17-8-6-5-7-9-17)14-16-12-15(13-19-2)10-11-18(16)21-3/h10-12,17,19H,4-9,13-14H2,1-3H3. The van der Waals surface area contributed by atoms with E-state index in [9.17, 15) is 0 Å². The van der Waals surface area contributed by atoms with Crippen LogP contribution in [0.25, 0.3) is 0 Å². The summed E-state index contributed by atoms with van der Waals surface area (Å²) in [5, 5.41) is 3.22. The minimum absolute atomic E-state index is 0.751. The van der Waals surface area contributed by atoms with Gasteiger partial charge in [-0.05, 0) is 44.1 Å². The summed E-state index contributed by atoms with van der Waals surface area (Å²) in [6.07, 6.45) is 6.89. The highest BCUT2D eigenvalue weighted by atomic mass is 16.5. The summed E-state index contributed by atoms with van der Waals surface area (Å²) >= 11 is 0. The van der Waals surface area contributed by atoms with Gasteiger partial charge in [0.05, 0.1) is 7.11 Å². The number of nitrogens with zero attached hydrogens (tertiary/aromatic N) is 1. The van der Waals surface area contributed by atoms with Crippen LogP contribution in [0.4, 0.5) is 0 Å². The fraction of sp³-hybridized carbons (Fsp3) is 0.667. The van der Waals surface area contributed by atoms with Gasteiger partial charge < -0.3 is 10.1 Å². The van der Waals surface area contributed by atoms with Gasteiger partial charge in [-0.25, -0.2) is 0 Å². The second kappa shape index (κ2) is 8.40. The van der Waals surface area contributed by atoms with E-state index >= 15 is 0 Å². The maximum Gasteiger partial charge on any atom is 0.123 e. The Morgan fingerprint density at radius 3 is 2.62 bits per heavy atom. The van der Waals surface area contributed by atoms with Crippen LogP contribution in [0.15, 0.2) is 18.2 Å². The van der Waals surface area contributed by atoms with Crippen molar-refractivity contribution in [3.63, 3.8) is 0 Å². The Balaban J connectivity index is 2.12. The van der Waals surface area contributed by atoms with Crippen LogP contribution in [0.3, 0.4) is 0 Å². The molecule has 21 heavy (non-hydrogen) atoms. The minimum Gasteiger partial charge on any atom is -0.496 e. The molecule has 1 fully saturated rings. The molecule has 0 aliphatic heterocycles. The molecular weight excluding hydrogens is 260 g/mol. The van der Waals surface area contributed by atoms with Crippen LogP contribution >= 0.6 is 0 Å². The Labute approximate surface area is 129 Å². The van der Waals surface area contributed by atoms with E-state index in [4.69, 9.17) is 4.74 Å². The third kappa shape index (κ3) is 4.45. The first-order valence-electron chi connectivity index (χ1n) is 8.33. The van der Waals surface area contributed by atoms with Crippen molar-refractivity contribution in [1.29, 1.82) is 0 Å². The van der Waals surface area contributed by atoms with Crippen LogP contribution in [0.2, 0.25) is 0 Å². The molecule has 1 N–H and O–H groups in total. The van der Waals surface area contributed by atoms with E-state index in [2.05, 4.69) is 35.3 Å². The molecule has 0 amide bonds. The molecule has 1 saturated carbocycles. The van der Waals surface area contributed by atoms with Crippen molar-refractivity contribution in [2.24, 2.45) is 0 Å². The third-order valence-corrected chi connectivity index (χ3v) is 4.60.